The van der Waals surface area contributed by atoms with Crippen LogP contribution in [0.1, 0.15) is 24.2 Å². The summed E-state index contributed by atoms with van der Waals surface area (Å²) in [5.41, 5.74) is -0.795. The van der Waals surface area contributed by atoms with Crippen LogP contribution in [0.15, 0.2) is 18.2 Å². The number of hydrogen-bond acceptors (Lipinski definition) is 3. The van der Waals surface area contributed by atoms with E-state index in [2.05, 4.69) is 21.3 Å². The highest BCUT2D eigenvalue weighted by Crippen LogP contribution is 2.19. The highest BCUT2D eigenvalue weighted by Gasteiger charge is 2.29. The summed E-state index contributed by atoms with van der Waals surface area (Å²) in [4.78, 5) is 12.2. The van der Waals surface area contributed by atoms with Crippen molar-refractivity contribution < 1.29 is 27.1 Å². The molecule has 132 valence electrons. The van der Waals surface area contributed by atoms with Gasteiger partial charge >= 0.3 is 6.11 Å². The van der Waals surface area contributed by atoms with Gasteiger partial charge in [0.25, 0.3) is 5.91 Å². The Morgan fingerprint density at radius 1 is 1.38 bits per heavy atom. The Morgan fingerprint density at radius 2 is 2.04 bits per heavy atom. The Kier molecular flexibility index (Phi) is 6.60. The molecule has 0 saturated heterocycles. The van der Waals surface area contributed by atoms with Crippen LogP contribution in [0, 0.1) is 18.2 Å². The fraction of sp³-hybridized carbons (Fsp3) is 0.438. The molecule has 0 aliphatic carbocycles. The van der Waals surface area contributed by atoms with Gasteiger partial charge in [-0.2, -0.15) is 8.78 Å². The molecule has 0 aromatic heterocycles. The molecule has 4 nitrogen and oxygen atoms in total. The summed E-state index contributed by atoms with van der Waals surface area (Å²) in [5, 5.41) is 5.19. The molecule has 0 atom stereocenters. The number of carbonyl (C=O) groups excluding carboxylic acids is 1. The Morgan fingerprint density at radius 3 is 2.62 bits per heavy atom. The molecule has 1 aromatic rings. The number of halogens is 4. The molecule has 0 aliphatic rings. The maximum absolute atomic E-state index is 13.4. The minimum absolute atomic E-state index is 0.0458. The van der Waals surface area contributed by atoms with Gasteiger partial charge in [-0.3, -0.25) is 4.79 Å². The van der Waals surface area contributed by atoms with Gasteiger partial charge in [0.15, 0.2) is 6.67 Å². The lowest BCUT2D eigenvalue weighted by atomic mass is 10.1. The number of hydrogen-bond donors (Lipinski definition) is 2. The van der Waals surface area contributed by atoms with Gasteiger partial charge in [0.2, 0.25) is 0 Å². The van der Waals surface area contributed by atoms with Crippen LogP contribution in [0.3, 0.4) is 0 Å². The fourth-order valence-electron chi connectivity index (χ4n) is 1.67. The molecule has 0 spiro atoms. The molecule has 1 amide bonds. The van der Waals surface area contributed by atoms with E-state index in [0.29, 0.717) is 0 Å². The van der Waals surface area contributed by atoms with Crippen molar-refractivity contribution in [2.75, 3.05) is 25.1 Å². The number of anilines is 1. The zero-order valence-corrected chi connectivity index (χ0v) is 13.3. The van der Waals surface area contributed by atoms with Crippen LogP contribution in [-0.4, -0.2) is 37.4 Å². The van der Waals surface area contributed by atoms with Crippen LogP contribution in [0.4, 0.5) is 23.2 Å². The van der Waals surface area contributed by atoms with E-state index in [1.807, 2.05) is 0 Å². The number of ether oxygens (including phenoxy) is 1. The summed E-state index contributed by atoms with van der Waals surface area (Å²) in [6.07, 6.45) is 1.42. The molecule has 2 N–H and O–H groups in total. The van der Waals surface area contributed by atoms with Gasteiger partial charge in [-0.1, -0.05) is 5.92 Å². The highest BCUT2D eigenvalue weighted by atomic mass is 19.3. The fourth-order valence-corrected chi connectivity index (χ4v) is 1.67. The van der Waals surface area contributed by atoms with Crippen LogP contribution in [-0.2, 0) is 4.74 Å². The molecule has 0 saturated carbocycles. The predicted molar refractivity (Wildman–Crippen MR) is 82.1 cm³/mol. The number of benzene rings is 1. The van der Waals surface area contributed by atoms with Crippen LogP contribution >= 0.6 is 0 Å². The number of rotatable bonds is 8. The van der Waals surface area contributed by atoms with Crippen molar-refractivity contribution in [3.8, 4) is 12.3 Å². The van der Waals surface area contributed by atoms with Crippen LogP contribution in [0.5, 0.6) is 0 Å². The second-order valence-electron chi connectivity index (χ2n) is 5.46. The number of nitrogens with one attached hydrogen (secondary N) is 2. The van der Waals surface area contributed by atoms with E-state index in [9.17, 15) is 22.4 Å². The lowest BCUT2D eigenvalue weighted by molar-refractivity contribution is -0.243. The summed E-state index contributed by atoms with van der Waals surface area (Å²) >= 11 is 0. The molecule has 0 fully saturated rings. The maximum atomic E-state index is 13.4. The third kappa shape index (κ3) is 6.08. The molecule has 24 heavy (non-hydrogen) atoms. The summed E-state index contributed by atoms with van der Waals surface area (Å²) < 4.78 is 54.6. The third-order valence-corrected chi connectivity index (χ3v) is 2.90. The monoisotopic (exact) mass is 346 g/mol. The molecule has 0 radical (unpaired) electrons. The van der Waals surface area contributed by atoms with Gasteiger partial charge in [0.1, 0.15) is 5.82 Å². The molecule has 1 aromatic carbocycles. The minimum Gasteiger partial charge on any atom is -0.382 e. The van der Waals surface area contributed by atoms with Crippen LogP contribution in [0.25, 0.3) is 0 Å². The molecular weight excluding hydrogens is 328 g/mol. The van der Waals surface area contributed by atoms with Crippen molar-refractivity contribution in [3.05, 3.63) is 29.6 Å². The first-order valence-electron chi connectivity index (χ1n) is 7.01. The standard InChI is InChI=1S/C16H18F4N2O2/c1-4-15(2,3)22-14(23)12-9-11(18)5-6-13(12)21-7-8-24-16(19,20)10-17/h1,5-6,9,21H,7-8,10H2,2-3H3,(H,22,23). The van der Waals surface area contributed by atoms with E-state index in [0.717, 1.165) is 12.1 Å². The van der Waals surface area contributed by atoms with E-state index < -0.39 is 36.7 Å². The van der Waals surface area contributed by atoms with Crippen molar-refractivity contribution in [1.82, 2.24) is 5.32 Å². The molecule has 1 rings (SSSR count). The molecule has 0 unspecified atom stereocenters. The number of alkyl halides is 3. The summed E-state index contributed by atoms with van der Waals surface area (Å²) in [6, 6.07) is 3.37. The highest BCUT2D eigenvalue weighted by molar-refractivity contribution is 6.00. The van der Waals surface area contributed by atoms with Gasteiger partial charge in [-0.25, -0.2) is 8.78 Å². The lowest BCUT2D eigenvalue weighted by Gasteiger charge is -2.21. The van der Waals surface area contributed by atoms with E-state index in [4.69, 9.17) is 6.42 Å². The zero-order valence-electron chi connectivity index (χ0n) is 13.3. The quantitative estimate of drug-likeness (QED) is 0.432. The second kappa shape index (κ2) is 8.02. The first-order valence-corrected chi connectivity index (χ1v) is 7.01. The summed E-state index contributed by atoms with van der Waals surface area (Å²) in [6.45, 7) is 0.595. The smallest absolute Gasteiger partial charge is 0.382 e. The summed E-state index contributed by atoms with van der Waals surface area (Å²) in [5.74, 6) is 1.09. The van der Waals surface area contributed by atoms with Gasteiger partial charge in [-0.15, -0.1) is 6.42 Å². The van der Waals surface area contributed by atoms with E-state index in [-0.39, 0.29) is 17.8 Å². The van der Waals surface area contributed by atoms with Gasteiger partial charge < -0.3 is 15.4 Å². The maximum Gasteiger partial charge on any atom is 0.384 e. The van der Waals surface area contributed by atoms with E-state index in [1.165, 1.54) is 6.07 Å². The van der Waals surface area contributed by atoms with E-state index in [1.54, 1.807) is 13.8 Å². The average molecular weight is 346 g/mol. The summed E-state index contributed by atoms with van der Waals surface area (Å²) in [7, 11) is 0. The molecule has 0 bridgehead atoms. The molecular formula is C16H18F4N2O2. The van der Waals surface area contributed by atoms with Gasteiger partial charge in [0.05, 0.1) is 17.7 Å². The first kappa shape index (κ1) is 19.8. The molecule has 8 heteroatoms. The van der Waals surface area contributed by atoms with Gasteiger partial charge in [-0.05, 0) is 32.0 Å². The Labute approximate surface area is 137 Å². The Bertz CT molecular complexity index is 627. The Balaban J connectivity index is 2.79. The van der Waals surface area contributed by atoms with Crippen LogP contribution < -0.4 is 10.6 Å². The average Bonchev–Trinajstić information content (AvgIpc) is 2.52. The Hall–Kier alpha value is -2.27. The normalized spacial score (nSPS) is 11.7. The second-order valence-corrected chi connectivity index (χ2v) is 5.46. The van der Waals surface area contributed by atoms with Crippen molar-refractivity contribution in [3.63, 3.8) is 0 Å². The number of terminal acetylenes is 1. The number of carbonyl (C=O) groups is 1. The third-order valence-electron chi connectivity index (χ3n) is 2.90. The van der Waals surface area contributed by atoms with Crippen molar-refractivity contribution >= 4 is 11.6 Å². The molecule has 0 heterocycles. The van der Waals surface area contributed by atoms with Crippen molar-refractivity contribution in [2.24, 2.45) is 0 Å². The van der Waals surface area contributed by atoms with E-state index >= 15 is 0 Å². The zero-order chi connectivity index (χ0) is 18.4. The molecule has 0 aliphatic heterocycles. The largest absolute Gasteiger partial charge is 0.384 e. The number of amides is 1. The van der Waals surface area contributed by atoms with Crippen molar-refractivity contribution in [1.29, 1.82) is 0 Å². The van der Waals surface area contributed by atoms with Crippen molar-refractivity contribution in [2.45, 2.75) is 25.5 Å². The predicted octanol–water partition coefficient (Wildman–Crippen LogP) is 2.96. The minimum atomic E-state index is -3.86. The first-order chi connectivity index (χ1) is 11.1. The van der Waals surface area contributed by atoms with Crippen LogP contribution in [0.2, 0.25) is 0 Å². The lowest BCUT2D eigenvalue weighted by Crippen LogP contribution is -2.42. The van der Waals surface area contributed by atoms with Gasteiger partial charge in [0, 0.05) is 12.2 Å². The SMILES string of the molecule is C#CC(C)(C)NC(=O)c1cc(F)ccc1NCCOC(F)(F)CF. The topological polar surface area (TPSA) is 50.4 Å².